The summed E-state index contributed by atoms with van der Waals surface area (Å²) in [4.78, 5) is 0. The molecule has 0 aliphatic carbocycles. The lowest BCUT2D eigenvalue weighted by molar-refractivity contribution is -0.0700. The molecular weight excluding hydrogens is 328 g/mol. The number of ether oxygens (including phenoxy) is 1. The first-order chi connectivity index (χ1) is 12.8. The Morgan fingerprint density at radius 3 is 1.30 bits per heavy atom. The lowest BCUT2D eigenvalue weighted by atomic mass is 9.92. The van der Waals surface area contributed by atoms with Gasteiger partial charge in [0, 0.05) is 0 Å². The summed E-state index contributed by atoms with van der Waals surface area (Å²) in [6.07, 6.45) is 19.9. The Labute approximate surface area is 172 Å². The Bertz CT molecular complexity index is 344. The van der Waals surface area contributed by atoms with Crippen LogP contribution in [0, 0.1) is 23.7 Å². The van der Waals surface area contributed by atoms with Gasteiger partial charge in [0.2, 0.25) is 0 Å². The molecule has 0 aromatic carbocycles. The zero-order valence-electron chi connectivity index (χ0n) is 19.8. The first-order valence-corrected chi connectivity index (χ1v) is 11.8. The Kier molecular flexibility index (Phi) is 16.1. The van der Waals surface area contributed by atoms with Crippen molar-refractivity contribution in [1.82, 2.24) is 0 Å². The molecule has 1 heteroatoms. The number of rotatable bonds is 16. The van der Waals surface area contributed by atoms with Crippen molar-refractivity contribution in [1.29, 1.82) is 0 Å². The summed E-state index contributed by atoms with van der Waals surface area (Å²) in [7, 11) is 0. The van der Waals surface area contributed by atoms with Gasteiger partial charge in [0.25, 0.3) is 0 Å². The van der Waals surface area contributed by atoms with Crippen molar-refractivity contribution in [2.75, 3.05) is 0 Å². The van der Waals surface area contributed by atoms with Crippen molar-refractivity contribution in [3.8, 4) is 0 Å². The predicted octanol–water partition coefficient (Wildman–Crippen LogP) is 8.60. The van der Waals surface area contributed by atoms with Crippen LogP contribution < -0.4 is 0 Å². The summed E-state index contributed by atoms with van der Waals surface area (Å²) in [5, 5.41) is 0. The van der Waals surface area contributed by atoms with E-state index in [1.54, 1.807) is 0 Å². The van der Waals surface area contributed by atoms with Gasteiger partial charge in [0.05, 0.1) is 12.2 Å². The summed E-state index contributed by atoms with van der Waals surface area (Å²) in [6.45, 7) is 18.3. The van der Waals surface area contributed by atoms with Crippen molar-refractivity contribution in [2.24, 2.45) is 23.7 Å². The van der Waals surface area contributed by atoms with Gasteiger partial charge >= 0.3 is 0 Å². The average molecular weight is 379 g/mol. The van der Waals surface area contributed by atoms with E-state index >= 15 is 0 Å². The first kappa shape index (κ1) is 26.4. The lowest BCUT2D eigenvalue weighted by Crippen LogP contribution is -2.31. The molecule has 0 rings (SSSR count). The smallest absolute Gasteiger partial charge is 0.0607 e. The van der Waals surface area contributed by atoms with E-state index in [4.69, 9.17) is 4.74 Å². The molecule has 0 aliphatic rings. The summed E-state index contributed by atoms with van der Waals surface area (Å²) < 4.78 is 6.83. The van der Waals surface area contributed by atoms with Gasteiger partial charge in [-0.1, -0.05) is 105 Å². The van der Waals surface area contributed by atoms with Gasteiger partial charge in [0.1, 0.15) is 0 Å². The molecule has 0 spiro atoms. The third kappa shape index (κ3) is 14.1. The molecule has 0 bridgehead atoms. The second-order valence-electron chi connectivity index (χ2n) is 9.27. The number of hydrogen-bond acceptors (Lipinski definition) is 1. The molecule has 0 fully saturated rings. The summed E-state index contributed by atoms with van der Waals surface area (Å²) in [5.74, 6) is 2.46. The molecule has 27 heavy (non-hydrogen) atoms. The minimum Gasteiger partial charge on any atom is -0.374 e. The fourth-order valence-electron chi connectivity index (χ4n) is 3.44. The van der Waals surface area contributed by atoms with Crippen LogP contribution in [0.2, 0.25) is 0 Å². The van der Waals surface area contributed by atoms with Crippen molar-refractivity contribution in [2.45, 2.75) is 119 Å². The Balaban J connectivity index is 4.98. The maximum Gasteiger partial charge on any atom is 0.0607 e. The molecule has 0 saturated heterocycles. The van der Waals surface area contributed by atoms with Crippen LogP contribution in [-0.4, -0.2) is 12.2 Å². The van der Waals surface area contributed by atoms with Gasteiger partial charge < -0.3 is 4.74 Å². The van der Waals surface area contributed by atoms with E-state index in [0.717, 1.165) is 12.8 Å². The van der Waals surface area contributed by atoms with Crippen molar-refractivity contribution >= 4 is 0 Å². The fourth-order valence-corrected chi connectivity index (χ4v) is 3.44. The minimum atomic E-state index is 0.389. The van der Waals surface area contributed by atoms with Crippen LogP contribution in [0.15, 0.2) is 24.3 Å². The van der Waals surface area contributed by atoms with E-state index in [1.807, 2.05) is 0 Å². The number of hydrogen-bond donors (Lipinski definition) is 0. The van der Waals surface area contributed by atoms with E-state index in [-0.39, 0.29) is 0 Å². The first-order valence-electron chi connectivity index (χ1n) is 11.8. The SMILES string of the molecule is CCCCC(OC(CCCC)C(C)C/C=C/C(C)C)C(C)C/C=C/C(C)C. The molecule has 0 aliphatic heterocycles. The molecule has 0 heterocycles. The van der Waals surface area contributed by atoms with Gasteiger partial charge in [-0.2, -0.15) is 0 Å². The highest BCUT2D eigenvalue weighted by molar-refractivity contribution is 4.89. The molecule has 0 radical (unpaired) electrons. The second kappa shape index (κ2) is 16.4. The van der Waals surface area contributed by atoms with E-state index in [9.17, 15) is 0 Å². The van der Waals surface area contributed by atoms with Gasteiger partial charge in [-0.15, -0.1) is 0 Å². The highest BCUT2D eigenvalue weighted by atomic mass is 16.5. The van der Waals surface area contributed by atoms with Crippen LogP contribution in [0.5, 0.6) is 0 Å². The molecule has 1 nitrogen and oxygen atoms in total. The molecule has 0 amide bonds. The summed E-state index contributed by atoms with van der Waals surface area (Å²) >= 11 is 0. The minimum absolute atomic E-state index is 0.389. The van der Waals surface area contributed by atoms with E-state index in [2.05, 4.69) is 79.7 Å². The molecular formula is C26H50O. The summed E-state index contributed by atoms with van der Waals surface area (Å²) in [6, 6.07) is 0. The second-order valence-corrected chi connectivity index (χ2v) is 9.27. The van der Waals surface area contributed by atoms with Gasteiger partial charge in [-0.05, 0) is 49.4 Å². The molecule has 4 unspecified atom stereocenters. The maximum absolute atomic E-state index is 6.83. The largest absolute Gasteiger partial charge is 0.374 e. The Morgan fingerprint density at radius 1 is 0.630 bits per heavy atom. The molecule has 0 aromatic rings. The molecule has 0 saturated carbocycles. The highest BCUT2D eigenvalue weighted by Crippen LogP contribution is 2.26. The van der Waals surface area contributed by atoms with E-state index < -0.39 is 0 Å². The normalized spacial score (nSPS) is 17.3. The zero-order valence-corrected chi connectivity index (χ0v) is 19.8. The van der Waals surface area contributed by atoms with Crippen molar-refractivity contribution in [3.05, 3.63) is 24.3 Å². The van der Waals surface area contributed by atoms with Crippen molar-refractivity contribution in [3.63, 3.8) is 0 Å². The topological polar surface area (TPSA) is 9.23 Å². The van der Waals surface area contributed by atoms with E-state index in [0.29, 0.717) is 35.9 Å². The van der Waals surface area contributed by atoms with Gasteiger partial charge in [0.15, 0.2) is 0 Å². The standard InChI is InChI=1S/C26H50O/c1-9-11-19-25(23(7)17-13-15-21(3)4)27-26(20-12-10-2)24(8)18-14-16-22(5)6/h13-16,21-26H,9-12,17-20H2,1-8H3/b15-13+,16-14+. The highest BCUT2D eigenvalue weighted by Gasteiger charge is 2.24. The molecule has 0 N–H and O–H groups in total. The predicted molar refractivity (Wildman–Crippen MR) is 123 cm³/mol. The monoisotopic (exact) mass is 378 g/mol. The lowest BCUT2D eigenvalue weighted by Gasteiger charge is -2.32. The average Bonchev–Trinajstić information content (AvgIpc) is 2.60. The molecule has 160 valence electrons. The molecule has 4 atom stereocenters. The van der Waals surface area contributed by atoms with Crippen LogP contribution in [0.1, 0.15) is 107 Å². The van der Waals surface area contributed by atoms with E-state index in [1.165, 1.54) is 38.5 Å². The Morgan fingerprint density at radius 2 is 1.00 bits per heavy atom. The third-order valence-corrected chi connectivity index (χ3v) is 5.36. The zero-order chi connectivity index (χ0) is 20.7. The third-order valence-electron chi connectivity index (χ3n) is 5.36. The van der Waals surface area contributed by atoms with Crippen LogP contribution in [0.25, 0.3) is 0 Å². The van der Waals surface area contributed by atoms with Crippen LogP contribution in [0.3, 0.4) is 0 Å². The van der Waals surface area contributed by atoms with Gasteiger partial charge in [-0.25, -0.2) is 0 Å². The number of allylic oxidation sites excluding steroid dienone is 4. The van der Waals surface area contributed by atoms with Crippen molar-refractivity contribution < 1.29 is 4.74 Å². The van der Waals surface area contributed by atoms with Crippen LogP contribution in [-0.2, 0) is 4.74 Å². The summed E-state index contributed by atoms with van der Waals surface area (Å²) in [5.41, 5.74) is 0. The molecule has 0 aromatic heterocycles. The number of unbranched alkanes of at least 4 members (excludes halogenated alkanes) is 2. The Hall–Kier alpha value is -0.560. The van der Waals surface area contributed by atoms with Gasteiger partial charge in [-0.3, -0.25) is 0 Å². The maximum atomic E-state index is 6.83. The quantitative estimate of drug-likeness (QED) is 0.244. The fraction of sp³-hybridized carbons (Fsp3) is 0.846. The van der Waals surface area contributed by atoms with Crippen LogP contribution in [0.4, 0.5) is 0 Å². The van der Waals surface area contributed by atoms with Crippen LogP contribution >= 0.6 is 0 Å².